The van der Waals surface area contributed by atoms with Gasteiger partial charge in [0.1, 0.15) is 13.2 Å². The number of ether oxygens (including phenoxy) is 3. The zero-order valence-electron chi connectivity index (χ0n) is 43.9. The molecule has 0 aromatic carbocycles. The molecule has 0 aromatic heterocycles. The Bertz CT molecular complexity index is 1300. The SMILES string of the molecule is CC/C=C\C/C=C\C/C=C\C/C=C\C/C=C\C/C=C\CCC(=O)O[C@H](COC(=O)CCCCCCCCCCC/C=C\CCCCCCCC)COC(=O)CCCCCCCCCCCCC. The van der Waals surface area contributed by atoms with Crippen LogP contribution in [-0.4, -0.2) is 37.2 Å². The highest BCUT2D eigenvalue weighted by molar-refractivity contribution is 5.71. The predicted molar refractivity (Wildman–Crippen MR) is 288 cm³/mol. The summed E-state index contributed by atoms with van der Waals surface area (Å²) in [5.41, 5.74) is 0. The molecule has 0 aliphatic carbocycles. The Kier molecular flexibility index (Phi) is 52.4. The number of rotatable bonds is 50. The lowest BCUT2D eigenvalue weighted by atomic mass is 10.1. The zero-order chi connectivity index (χ0) is 48.6. The predicted octanol–water partition coefficient (Wildman–Crippen LogP) is 18.8. The van der Waals surface area contributed by atoms with E-state index in [1.165, 1.54) is 141 Å². The number of hydrogen-bond acceptors (Lipinski definition) is 6. The fourth-order valence-electron chi connectivity index (χ4n) is 7.70. The maximum Gasteiger partial charge on any atom is 0.306 e. The van der Waals surface area contributed by atoms with Crippen molar-refractivity contribution < 1.29 is 28.6 Å². The standard InChI is InChI=1S/C61H104O6/c1-4-7-10-13-16-19-22-24-26-28-30-32-34-36-39-42-45-48-51-54-60(63)66-57-58(56-65-59(62)53-50-47-44-41-38-21-18-15-12-9-6-3)67-61(64)55-52-49-46-43-40-37-35-33-31-29-27-25-23-20-17-14-11-8-5-2/h8,11,17,20,24-27,31,33,37,40,46,49,58H,4-7,9-10,12-16,18-19,21-23,28-30,32,34-36,38-39,41-45,47-48,50-57H2,1-3H3/b11-8-,20-17-,26-24-,27-25-,33-31-,40-37-,49-46-/t58-/m0/s1. The fourth-order valence-corrected chi connectivity index (χ4v) is 7.70. The van der Waals surface area contributed by atoms with Gasteiger partial charge < -0.3 is 14.2 Å². The van der Waals surface area contributed by atoms with Crippen molar-refractivity contribution in [3.63, 3.8) is 0 Å². The van der Waals surface area contributed by atoms with E-state index in [-0.39, 0.29) is 31.6 Å². The summed E-state index contributed by atoms with van der Waals surface area (Å²) >= 11 is 0. The second-order valence-electron chi connectivity index (χ2n) is 18.5. The van der Waals surface area contributed by atoms with Crippen LogP contribution in [0.25, 0.3) is 0 Å². The van der Waals surface area contributed by atoms with Crippen molar-refractivity contribution in [3.05, 3.63) is 85.1 Å². The molecule has 0 saturated carbocycles. The molecule has 0 bridgehead atoms. The van der Waals surface area contributed by atoms with Crippen LogP contribution in [0, 0.1) is 0 Å². The molecule has 1 atom stereocenters. The average Bonchev–Trinajstić information content (AvgIpc) is 3.33. The Morgan fingerprint density at radius 2 is 0.612 bits per heavy atom. The van der Waals surface area contributed by atoms with Crippen molar-refractivity contribution in [1.29, 1.82) is 0 Å². The van der Waals surface area contributed by atoms with Crippen LogP contribution in [0.4, 0.5) is 0 Å². The Hall–Kier alpha value is -3.41. The molecule has 6 nitrogen and oxygen atoms in total. The van der Waals surface area contributed by atoms with Gasteiger partial charge in [0.15, 0.2) is 6.10 Å². The summed E-state index contributed by atoms with van der Waals surface area (Å²) in [6, 6.07) is 0. The van der Waals surface area contributed by atoms with Gasteiger partial charge in [-0.2, -0.15) is 0 Å². The molecular weight excluding hydrogens is 829 g/mol. The molecule has 0 radical (unpaired) electrons. The molecule has 0 amide bonds. The quantitative estimate of drug-likeness (QED) is 0.0262. The number of allylic oxidation sites excluding steroid dienone is 14. The monoisotopic (exact) mass is 933 g/mol. The van der Waals surface area contributed by atoms with Crippen LogP contribution in [0.3, 0.4) is 0 Å². The number of hydrogen-bond donors (Lipinski definition) is 0. The molecule has 6 heteroatoms. The highest BCUT2D eigenvalue weighted by atomic mass is 16.6. The van der Waals surface area contributed by atoms with Crippen LogP contribution in [0.15, 0.2) is 85.1 Å². The average molecular weight is 933 g/mol. The first-order chi connectivity index (χ1) is 33.0. The molecular formula is C61H104O6. The number of unbranched alkanes of at least 4 members (excludes halogenated alkanes) is 25. The maximum atomic E-state index is 12.8. The Morgan fingerprint density at radius 1 is 0.313 bits per heavy atom. The summed E-state index contributed by atoms with van der Waals surface area (Å²) in [7, 11) is 0. The van der Waals surface area contributed by atoms with Gasteiger partial charge in [-0.1, -0.05) is 247 Å². The Morgan fingerprint density at radius 3 is 0.970 bits per heavy atom. The minimum absolute atomic E-state index is 0.105. The van der Waals surface area contributed by atoms with Crippen molar-refractivity contribution in [2.75, 3.05) is 13.2 Å². The van der Waals surface area contributed by atoms with E-state index in [0.717, 1.165) is 77.0 Å². The summed E-state index contributed by atoms with van der Waals surface area (Å²) in [6.07, 6.45) is 71.6. The van der Waals surface area contributed by atoms with Gasteiger partial charge in [0, 0.05) is 19.3 Å². The van der Waals surface area contributed by atoms with Gasteiger partial charge in [-0.3, -0.25) is 14.4 Å². The molecule has 0 aliphatic rings. The molecule has 0 unspecified atom stereocenters. The molecule has 0 aliphatic heterocycles. The first-order valence-electron chi connectivity index (χ1n) is 28.1. The lowest BCUT2D eigenvalue weighted by Crippen LogP contribution is -2.30. The highest BCUT2D eigenvalue weighted by Crippen LogP contribution is 2.15. The van der Waals surface area contributed by atoms with Crippen molar-refractivity contribution in [1.82, 2.24) is 0 Å². The summed E-state index contributed by atoms with van der Waals surface area (Å²) in [5, 5.41) is 0. The van der Waals surface area contributed by atoms with Gasteiger partial charge in [-0.15, -0.1) is 0 Å². The van der Waals surface area contributed by atoms with Crippen LogP contribution in [0.5, 0.6) is 0 Å². The number of carbonyl (C=O) groups excluding carboxylic acids is 3. The molecule has 0 heterocycles. The largest absolute Gasteiger partial charge is 0.462 e. The smallest absolute Gasteiger partial charge is 0.306 e. The summed E-state index contributed by atoms with van der Waals surface area (Å²) in [6.45, 7) is 6.46. The van der Waals surface area contributed by atoms with E-state index in [9.17, 15) is 14.4 Å². The van der Waals surface area contributed by atoms with Gasteiger partial charge in [-0.05, 0) is 83.5 Å². The van der Waals surface area contributed by atoms with Crippen molar-refractivity contribution in [2.45, 2.75) is 271 Å². The van der Waals surface area contributed by atoms with E-state index in [4.69, 9.17) is 14.2 Å². The molecule has 0 aromatic rings. The second-order valence-corrected chi connectivity index (χ2v) is 18.5. The summed E-state index contributed by atoms with van der Waals surface area (Å²) in [5.74, 6) is -0.988. The van der Waals surface area contributed by atoms with Crippen LogP contribution in [0.1, 0.15) is 265 Å². The normalized spacial score (nSPS) is 12.7. The number of esters is 3. The third-order valence-electron chi connectivity index (χ3n) is 11.9. The topological polar surface area (TPSA) is 78.9 Å². The van der Waals surface area contributed by atoms with E-state index in [1.807, 2.05) is 6.08 Å². The van der Waals surface area contributed by atoms with Gasteiger partial charge in [0.2, 0.25) is 0 Å². The van der Waals surface area contributed by atoms with Crippen LogP contribution >= 0.6 is 0 Å². The van der Waals surface area contributed by atoms with Crippen molar-refractivity contribution in [3.8, 4) is 0 Å². The Labute approximate surface area is 414 Å². The van der Waals surface area contributed by atoms with Gasteiger partial charge in [0.25, 0.3) is 0 Å². The lowest BCUT2D eigenvalue weighted by molar-refractivity contribution is -0.166. The molecule has 67 heavy (non-hydrogen) atoms. The Balaban J connectivity index is 4.45. The number of carbonyl (C=O) groups is 3. The molecule has 0 N–H and O–H groups in total. The minimum atomic E-state index is -0.816. The molecule has 0 spiro atoms. The second kappa shape index (κ2) is 55.2. The first-order valence-corrected chi connectivity index (χ1v) is 28.1. The summed E-state index contributed by atoms with van der Waals surface area (Å²) in [4.78, 5) is 38.0. The van der Waals surface area contributed by atoms with E-state index in [2.05, 4.69) is 99.8 Å². The van der Waals surface area contributed by atoms with Gasteiger partial charge in [-0.25, -0.2) is 0 Å². The fraction of sp³-hybridized carbons (Fsp3) is 0.721. The van der Waals surface area contributed by atoms with Crippen LogP contribution < -0.4 is 0 Å². The molecule has 0 saturated heterocycles. The third-order valence-corrected chi connectivity index (χ3v) is 11.9. The summed E-state index contributed by atoms with van der Waals surface area (Å²) < 4.78 is 16.8. The minimum Gasteiger partial charge on any atom is -0.462 e. The van der Waals surface area contributed by atoms with Gasteiger partial charge >= 0.3 is 17.9 Å². The zero-order valence-corrected chi connectivity index (χ0v) is 43.9. The third kappa shape index (κ3) is 53.4. The molecule has 0 fully saturated rings. The highest BCUT2D eigenvalue weighted by Gasteiger charge is 2.19. The molecule has 384 valence electrons. The van der Waals surface area contributed by atoms with E-state index < -0.39 is 12.1 Å². The maximum absolute atomic E-state index is 12.8. The van der Waals surface area contributed by atoms with Crippen LogP contribution in [-0.2, 0) is 28.6 Å². The lowest BCUT2D eigenvalue weighted by Gasteiger charge is -2.18. The van der Waals surface area contributed by atoms with Crippen molar-refractivity contribution in [2.24, 2.45) is 0 Å². The first kappa shape index (κ1) is 63.6. The van der Waals surface area contributed by atoms with E-state index in [1.54, 1.807) is 0 Å². The molecule has 0 rings (SSSR count). The van der Waals surface area contributed by atoms with E-state index >= 15 is 0 Å². The van der Waals surface area contributed by atoms with Crippen molar-refractivity contribution >= 4 is 17.9 Å². The van der Waals surface area contributed by atoms with Crippen LogP contribution in [0.2, 0.25) is 0 Å². The van der Waals surface area contributed by atoms with E-state index in [0.29, 0.717) is 19.3 Å². The van der Waals surface area contributed by atoms with Gasteiger partial charge in [0.05, 0.1) is 0 Å².